The van der Waals surface area contributed by atoms with E-state index in [1.807, 2.05) is 18.0 Å². The molecule has 0 unspecified atom stereocenters. The van der Waals surface area contributed by atoms with Crippen molar-refractivity contribution in [2.75, 3.05) is 54.0 Å². The van der Waals surface area contributed by atoms with E-state index >= 15 is 0 Å². The average Bonchev–Trinajstić information content (AvgIpc) is 2.77. The van der Waals surface area contributed by atoms with Gasteiger partial charge in [0.15, 0.2) is 11.5 Å². The second kappa shape index (κ2) is 10.6. The summed E-state index contributed by atoms with van der Waals surface area (Å²) in [5, 5.41) is 0. The fraction of sp³-hybridized carbons (Fsp3) is 0.480. The summed E-state index contributed by atoms with van der Waals surface area (Å²) in [6.45, 7) is 9.88. The van der Waals surface area contributed by atoms with E-state index < -0.39 is 0 Å². The Morgan fingerprint density at radius 2 is 1.52 bits per heavy atom. The Kier molecular flexibility index (Phi) is 7.93. The zero-order chi connectivity index (χ0) is 22.4. The van der Waals surface area contributed by atoms with Crippen LogP contribution < -0.4 is 9.47 Å². The molecule has 0 aromatic heterocycles. The zero-order valence-electron chi connectivity index (χ0n) is 19.5. The van der Waals surface area contributed by atoms with Crippen molar-refractivity contribution in [3.8, 4) is 11.5 Å². The number of benzene rings is 2. The maximum atomic E-state index is 12.7. The highest BCUT2D eigenvalue weighted by Crippen LogP contribution is 2.31. The van der Waals surface area contributed by atoms with Crippen LogP contribution in [0.2, 0.25) is 0 Å². The number of aryl methyl sites for hydroxylation is 2. The van der Waals surface area contributed by atoms with Gasteiger partial charge in [0, 0.05) is 46.3 Å². The minimum absolute atomic E-state index is 0.171. The molecule has 3 rings (SSSR count). The van der Waals surface area contributed by atoms with Crippen molar-refractivity contribution in [2.45, 2.75) is 26.9 Å². The largest absolute Gasteiger partial charge is 0.493 e. The monoisotopic (exact) mass is 425 g/mol. The summed E-state index contributed by atoms with van der Waals surface area (Å²) in [4.78, 5) is 19.2. The summed E-state index contributed by atoms with van der Waals surface area (Å²) in [7, 11) is 5.22. The molecular formula is C25H35N3O3. The Morgan fingerprint density at radius 1 is 0.935 bits per heavy atom. The van der Waals surface area contributed by atoms with Crippen LogP contribution in [0.1, 0.15) is 22.3 Å². The first-order valence-corrected chi connectivity index (χ1v) is 10.9. The Morgan fingerprint density at radius 3 is 2.13 bits per heavy atom. The van der Waals surface area contributed by atoms with Crippen molar-refractivity contribution >= 4 is 5.91 Å². The van der Waals surface area contributed by atoms with Crippen LogP contribution in [-0.4, -0.2) is 74.6 Å². The van der Waals surface area contributed by atoms with Gasteiger partial charge in [-0.05, 0) is 42.7 Å². The number of nitrogens with zero attached hydrogens (tertiary/aromatic N) is 3. The highest BCUT2D eigenvalue weighted by molar-refractivity contribution is 5.78. The lowest BCUT2D eigenvalue weighted by atomic mass is 10.1. The standard InChI is InChI=1S/C25H35N3O3/c1-19-6-8-21(9-7-19)16-26(3)25(29)18-28-12-10-27(11-13-28)17-22-15-24(31-5)23(30-4)14-20(22)2/h6-9,14-15H,10-13,16-18H2,1-5H3. The number of likely N-dealkylation sites (N-methyl/N-ethyl adjacent to an activating group) is 1. The number of methoxy groups -OCH3 is 2. The van der Waals surface area contributed by atoms with E-state index in [0.717, 1.165) is 49.8 Å². The number of piperazine rings is 1. The van der Waals surface area contributed by atoms with E-state index in [1.54, 1.807) is 14.2 Å². The first-order chi connectivity index (χ1) is 14.9. The molecule has 1 fully saturated rings. The first-order valence-electron chi connectivity index (χ1n) is 10.9. The zero-order valence-corrected chi connectivity index (χ0v) is 19.5. The molecule has 1 heterocycles. The quantitative estimate of drug-likeness (QED) is 0.650. The lowest BCUT2D eigenvalue weighted by Crippen LogP contribution is -2.49. The van der Waals surface area contributed by atoms with E-state index in [9.17, 15) is 4.79 Å². The normalized spacial score (nSPS) is 15.0. The summed E-state index contributed by atoms with van der Waals surface area (Å²) in [5.41, 5.74) is 4.85. The van der Waals surface area contributed by atoms with Crippen LogP contribution in [0.5, 0.6) is 11.5 Å². The summed E-state index contributed by atoms with van der Waals surface area (Å²) in [6, 6.07) is 12.5. The van der Waals surface area contributed by atoms with Crippen LogP contribution in [0.25, 0.3) is 0 Å². The van der Waals surface area contributed by atoms with Crippen LogP contribution in [0, 0.1) is 13.8 Å². The molecule has 0 radical (unpaired) electrons. The van der Waals surface area contributed by atoms with E-state index in [2.05, 4.69) is 54.0 Å². The maximum absolute atomic E-state index is 12.7. The van der Waals surface area contributed by atoms with Crippen LogP contribution >= 0.6 is 0 Å². The van der Waals surface area contributed by atoms with Crippen LogP contribution in [0.15, 0.2) is 36.4 Å². The lowest BCUT2D eigenvalue weighted by Gasteiger charge is -2.35. The number of rotatable bonds is 8. The molecule has 2 aromatic carbocycles. The van der Waals surface area contributed by atoms with Gasteiger partial charge in [0.1, 0.15) is 0 Å². The average molecular weight is 426 g/mol. The molecule has 0 aliphatic carbocycles. The van der Waals surface area contributed by atoms with Gasteiger partial charge in [-0.1, -0.05) is 29.8 Å². The Bertz CT molecular complexity index is 874. The fourth-order valence-corrected chi connectivity index (χ4v) is 3.91. The lowest BCUT2D eigenvalue weighted by molar-refractivity contribution is -0.132. The molecule has 1 aliphatic heterocycles. The minimum atomic E-state index is 0.171. The predicted molar refractivity (Wildman–Crippen MR) is 124 cm³/mol. The van der Waals surface area contributed by atoms with Gasteiger partial charge in [0.2, 0.25) is 5.91 Å². The number of amides is 1. The van der Waals surface area contributed by atoms with Crippen LogP contribution in [0.3, 0.4) is 0 Å². The molecule has 1 saturated heterocycles. The van der Waals surface area contributed by atoms with Gasteiger partial charge in [0.05, 0.1) is 20.8 Å². The summed E-state index contributed by atoms with van der Waals surface area (Å²) >= 11 is 0. The minimum Gasteiger partial charge on any atom is -0.493 e. The highest BCUT2D eigenvalue weighted by atomic mass is 16.5. The van der Waals surface area contributed by atoms with Gasteiger partial charge in [-0.3, -0.25) is 14.6 Å². The smallest absolute Gasteiger partial charge is 0.236 e. The fourth-order valence-electron chi connectivity index (χ4n) is 3.91. The molecule has 1 aliphatic rings. The molecule has 0 N–H and O–H groups in total. The second-order valence-electron chi connectivity index (χ2n) is 8.42. The summed E-state index contributed by atoms with van der Waals surface area (Å²) < 4.78 is 10.9. The molecule has 168 valence electrons. The summed E-state index contributed by atoms with van der Waals surface area (Å²) in [5.74, 6) is 1.70. The van der Waals surface area contributed by atoms with E-state index in [-0.39, 0.29) is 5.91 Å². The van der Waals surface area contributed by atoms with Crippen molar-refractivity contribution in [1.29, 1.82) is 0 Å². The number of ether oxygens (including phenoxy) is 2. The molecule has 0 atom stereocenters. The van der Waals surface area contributed by atoms with Gasteiger partial charge in [-0.15, -0.1) is 0 Å². The van der Waals surface area contributed by atoms with Gasteiger partial charge < -0.3 is 14.4 Å². The Hall–Kier alpha value is -2.57. The molecule has 6 heteroatoms. The van der Waals surface area contributed by atoms with Crippen molar-refractivity contribution in [1.82, 2.24) is 14.7 Å². The molecule has 0 saturated carbocycles. The molecule has 0 spiro atoms. The van der Waals surface area contributed by atoms with Gasteiger partial charge in [-0.2, -0.15) is 0 Å². The van der Waals surface area contributed by atoms with Gasteiger partial charge >= 0.3 is 0 Å². The van der Waals surface area contributed by atoms with Crippen LogP contribution in [-0.2, 0) is 17.9 Å². The molecule has 31 heavy (non-hydrogen) atoms. The Balaban J connectivity index is 1.48. The second-order valence-corrected chi connectivity index (χ2v) is 8.42. The van der Waals surface area contributed by atoms with Crippen molar-refractivity contribution < 1.29 is 14.3 Å². The molecule has 1 amide bonds. The number of hydrogen-bond donors (Lipinski definition) is 0. The van der Waals surface area contributed by atoms with Crippen molar-refractivity contribution in [3.63, 3.8) is 0 Å². The third-order valence-corrected chi connectivity index (χ3v) is 6.03. The van der Waals surface area contributed by atoms with Crippen molar-refractivity contribution in [2.24, 2.45) is 0 Å². The van der Waals surface area contributed by atoms with Crippen molar-refractivity contribution in [3.05, 3.63) is 58.7 Å². The van der Waals surface area contributed by atoms with Crippen LogP contribution in [0.4, 0.5) is 0 Å². The predicted octanol–water partition coefficient (Wildman–Crippen LogP) is 3.10. The van der Waals surface area contributed by atoms with Gasteiger partial charge in [0.25, 0.3) is 0 Å². The van der Waals surface area contributed by atoms with Gasteiger partial charge in [-0.25, -0.2) is 0 Å². The topological polar surface area (TPSA) is 45.2 Å². The third kappa shape index (κ3) is 6.21. The van der Waals surface area contributed by atoms with E-state index in [1.165, 1.54) is 16.7 Å². The first kappa shape index (κ1) is 23.1. The number of hydrogen-bond acceptors (Lipinski definition) is 5. The SMILES string of the molecule is COc1cc(C)c(CN2CCN(CC(=O)N(C)Cc3ccc(C)cc3)CC2)cc1OC. The molecular weight excluding hydrogens is 390 g/mol. The van der Waals surface area contributed by atoms with E-state index in [4.69, 9.17) is 9.47 Å². The summed E-state index contributed by atoms with van der Waals surface area (Å²) in [6.07, 6.45) is 0. The highest BCUT2D eigenvalue weighted by Gasteiger charge is 2.21. The molecule has 2 aromatic rings. The Labute approximate surface area is 186 Å². The molecule has 6 nitrogen and oxygen atoms in total. The third-order valence-electron chi connectivity index (χ3n) is 6.03. The maximum Gasteiger partial charge on any atom is 0.236 e. The molecule has 0 bridgehead atoms. The van der Waals surface area contributed by atoms with E-state index in [0.29, 0.717) is 13.1 Å². The number of carbonyl (C=O) groups is 1. The number of carbonyl (C=O) groups excluding carboxylic acids is 1.